The molecule has 6 nitrogen and oxygen atoms in total. The largest absolute Gasteiger partial charge is 0.494 e. The molecule has 1 aliphatic rings. The van der Waals surface area contributed by atoms with Crippen LogP contribution < -0.4 is 19.9 Å². The fourth-order valence-electron chi connectivity index (χ4n) is 4.73. The smallest absolute Gasteiger partial charge is 0.344 e. The van der Waals surface area contributed by atoms with E-state index >= 15 is 0 Å². The molecule has 2 N–H and O–H groups in total. The van der Waals surface area contributed by atoms with Crippen LogP contribution in [0.5, 0.6) is 17.2 Å². The van der Waals surface area contributed by atoms with Crippen molar-refractivity contribution in [2.45, 2.75) is 32.1 Å². The zero-order valence-corrected chi connectivity index (χ0v) is 21.1. The molecule has 5 rings (SSSR count). The number of carbonyl (C=O) groups is 1. The molecule has 4 aromatic rings. The molecule has 1 aliphatic heterocycles. The van der Waals surface area contributed by atoms with E-state index in [1.165, 1.54) is 0 Å². The molecule has 0 saturated heterocycles. The predicted octanol–water partition coefficient (Wildman–Crippen LogP) is 6.85. The van der Waals surface area contributed by atoms with Gasteiger partial charge in [-0.05, 0) is 47.0 Å². The monoisotopic (exact) mass is 504 g/mol. The van der Waals surface area contributed by atoms with Crippen LogP contribution in [0.2, 0.25) is 0 Å². The highest BCUT2D eigenvalue weighted by molar-refractivity contribution is 6.05. The number of esters is 1. The second-order valence-corrected chi connectivity index (χ2v) is 9.17. The number of allylic oxidation sites excluding steroid dienone is 1. The standard InChI is InChI=1S/C32H28N2O4/c1-2-3-6-17-36-23-12-7-11-22(18-23)30-27-16-15-24(19-29(27)38-31(34)28(30)20-33)37-32(35)26-14-8-10-21-9-4-5-13-25(21)26/h4-5,7-16,18-19,30H,2-3,6,17,34H2,1H3. The molecule has 1 atom stereocenters. The lowest BCUT2D eigenvalue weighted by atomic mass is 9.83. The Bertz CT molecular complexity index is 1560. The summed E-state index contributed by atoms with van der Waals surface area (Å²) in [7, 11) is 0. The van der Waals surface area contributed by atoms with Crippen molar-refractivity contribution in [1.29, 1.82) is 5.26 Å². The Hall–Kier alpha value is -4.76. The molecule has 38 heavy (non-hydrogen) atoms. The molecule has 0 radical (unpaired) electrons. The summed E-state index contributed by atoms with van der Waals surface area (Å²) in [6.07, 6.45) is 3.22. The maximum absolute atomic E-state index is 13.1. The van der Waals surface area contributed by atoms with Crippen molar-refractivity contribution < 1.29 is 19.0 Å². The molecule has 6 heteroatoms. The van der Waals surface area contributed by atoms with Crippen molar-refractivity contribution in [3.05, 3.63) is 113 Å². The van der Waals surface area contributed by atoms with Gasteiger partial charge in [-0.3, -0.25) is 0 Å². The third-order valence-corrected chi connectivity index (χ3v) is 6.62. The molecule has 190 valence electrons. The Balaban J connectivity index is 1.43. The first-order valence-corrected chi connectivity index (χ1v) is 12.7. The number of hydrogen-bond acceptors (Lipinski definition) is 6. The number of fused-ring (bicyclic) bond motifs is 2. The molecular weight excluding hydrogens is 476 g/mol. The van der Waals surface area contributed by atoms with Gasteiger partial charge in [-0.15, -0.1) is 0 Å². The van der Waals surface area contributed by atoms with Gasteiger partial charge in [0.15, 0.2) is 0 Å². The second kappa shape index (κ2) is 11.1. The number of nitrogens with zero attached hydrogens (tertiary/aromatic N) is 1. The molecular formula is C32H28N2O4. The van der Waals surface area contributed by atoms with E-state index in [9.17, 15) is 10.1 Å². The van der Waals surface area contributed by atoms with E-state index in [0.29, 0.717) is 29.2 Å². The fourth-order valence-corrected chi connectivity index (χ4v) is 4.73. The Morgan fingerprint density at radius 2 is 1.79 bits per heavy atom. The normalized spacial score (nSPS) is 14.4. The molecule has 4 aromatic carbocycles. The molecule has 0 bridgehead atoms. The van der Waals surface area contributed by atoms with Crippen LogP contribution in [0.3, 0.4) is 0 Å². The zero-order valence-electron chi connectivity index (χ0n) is 21.1. The Kier molecular flexibility index (Phi) is 7.28. The maximum atomic E-state index is 13.1. The van der Waals surface area contributed by atoms with E-state index in [0.717, 1.165) is 46.9 Å². The average Bonchev–Trinajstić information content (AvgIpc) is 2.94. The van der Waals surface area contributed by atoms with Crippen LogP contribution in [0.1, 0.15) is 53.6 Å². The minimum Gasteiger partial charge on any atom is -0.494 e. The van der Waals surface area contributed by atoms with Crippen LogP contribution in [-0.2, 0) is 0 Å². The van der Waals surface area contributed by atoms with Gasteiger partial charge in [0.1, 0.15) is 28.9 Å². The summed E-state index contributed by atoms with van der Waals surface area (Å²) >= 11 is 0. The van der Waals surface area contributed by atoms with E-state index in [1.54, 1.807) is 18.2 Å². The fraction of sp³-hybridized carbons (Fsp3) is 0.188. The summed E-state index contributed by atoms with van der Waals surface area (Å²) in [6, 6.07) is 28.2. The summed E-state index contributed by atoms with van der Waals surface area (Å²) in [5, 5.41) is 11.7. The van der Waals surface area contributed by atoms with Crippen LogP contribution in [0.25, 0.3) is 10.8 Å². The summed E-state index contributed by atoms with van der Waals surface area (Å²) in [4.78, 5) is 13.1. The molecule has 0 saturated carbocycles. The molecule has 0 aliphatic carbocycles. The van der Waals surface area contributed by atoms with Crippen molar-refractivity contribution in [3.8, 4) is 23.3 Å². The van der Waals surface area contributed by atoms with E-state index in [4.69, 9.17) is 19.9 Å². The van der Waals surface area contributed by atoms with Crippen LogP contribution in [0, 0.1) is 11.3 Å². The number of unbranched alkanes of at least 4 members (excludes halogenated alkanes) is 2. The molecule has 0 aromatic heterocycles. The van der Waals surface area contributed by atoms with Gasteiger partial charge in [-0.1, -0.05) is 74.4 Å². The number of carbonyl (C=O) groups excluding carboxylic acids is 1. The highest BCUT2D eigenvalue weighted by Gasteiger charge is 2.31. The van der Waals surface area contributed by atoms with E-state index in [-0.39, 0.29) is 5.88 Å². The van der Waals surface area contributed by atoms with Gasteiger partial charge in [0.2, 0.25) is 5.88 Å². The topological polar surface area (TPSA) is 94.6 Å². The first kappa shape index (κ1) is 24.9. The Morgan fingerprint density at radius 1 is 0.974 bits per heavy atom. The third kappa shape index (κ3) is 5.05. The number of hydrogen-bond donors (Lipinski definition) is 1. The second-order valence-electron chi connectivity index (χ2n) is 9.17. The Labute approximate surface area is 221 Å². The minimum absolute atomic E-state index is 0.0248. The zero-order chi connectivity index (χ0) is 26.5. The van der Waals surface area contributed by atoms with Gasteiger partial charge in [-0.2, -0.15) is 5.26 Å². The summed E-state index contributed by atoms with van der Waals surface area (Å²) in [6.45, 7) is 2.79. The highest BCUT2D eigenvalue weighted by atomic mass is 16.5. The molecule has 1 unspecified atom stereocenters. The average molecular weight is 505 g/mol. The predicted molar refractivity (Wildman–Crippen MR) is 146 cm³/mol. The molecule has 0 spiro atoms. The Morgan fingerprint density at radius 3 is 2.63 bits per heavy atom. The van der Waals surface area contributed by atoms with Crippen molar-refractivity contribution in [2.75, 3.05) is 6.61 Å². The van der Waals surface area contributed by atoms with E-state index < -0.39 is 11.9 Å². The third-order valence-electron chi connectivity index (χ3n) is 6.62. The van der Waals surface area contributed by atoms with Gasteiger partial charge < -0.3 is 19.9 Å². The van der Waals surface area contributed by atoms with E-state index in [2.05, 4.69) is 13.0 Å². The molecule has 0 amide bonds. The number of ether oxygens (including phenoxy) is 3. The quantitative estimate of drug-likeness (QED) is 0.160. The van der Waals surface area contributed by atoms with Crippen molar-refractivity contribution in [2.24, 2.45) is 5.73 Å². The van der Waals surface area contributed by atoms with Crippen LogP contribution in [-0.4, -0.2) is 12.6 Å². The van der Waals surface area contributed by atoms with Gasteiger partial charge in [0.25, 0.3) is 0 Å². The van der Waals surface area contributed by atoms with Crippen LogP contribution in [0.15, 0.2) is 96.4 Å². The molecule has 0 fully saturated rings. The van der Waals surface area contributed by atoms with Gasteiger partial charge >= 0.3 is 5.97 Å². The lowest BCUT2D eigenvalue weighted by Crippen LogP contribution is -2.21. The van der Waals surface area contributed by atoms with Crippen molar-refractivity contribution >= 4 is 16.7 Å². The number of nitrogens with two attached hydrogens (primary N) is 1. The first-order chi connectivity index (χ1) is 18.6. The van der Waals surface area contributed by atoms with Gasteiger partial charge in [-0.25, -0.2) is 4.79 Å². The number of nitriles is 1. The van der Waals surface area contributed by atoms with Gasteiger partial charge in [0.05, 0.1) is 18.1 Å². The lowest BCUT2D eigenvalue weighted by Gasteiger charge is -2.27. The summed E-state index contributed by atoms with van der Waals surface area (Å²) in [5.41, 5.74) is 8.60. The number of rotatable bonds is 8. The summed E-state index contributed by atoms with van der Waals surface area (Å²) < 4.78 is 17.5. The van der Waals surface area contributed by atoms with Gasteiger partial charge in [0, 0.05) is 11.6 Å². The SMILES string of the molecule is CCCCCOc1cccc(C2C(C#N)=C(N)Oc3cc(OC(=O)c4cccc5ccccc45)ccc32)c1. The summed E-state index contributed by atoms with van der Waals surface area (Å²) in [5.74, 6) is 0.611. The number of benzene rings is 4. The highest BCUT2D eigenvalue weighted by Crippen LogP contribution is 2.44. The van der Waals surface area contributed by atoms with Crippen LogP contribution in [0.4, 0.5) is 0 Å². The van der Waals surface area contributed by atoms with Crippen molar-refractivity contribution in [3.63, 3.8) is 0 Å². The minimum atomic E-state index is -0.469. The first-order valence-electron chi connectivity index (χ1n) is 12.7. The lowest BCUT2D eigenvalue weighted by molar-refractivity contribution is 0.0736. The molecule has 1 heterocycles. The van der Waals surface area contributed by atoms with E-state index in [1.807, 2.05) is 66.7 Å². The van der Waals surface area contributed by atoms with Crippen molar-refractivity contribution in [1.82, 2.24) is 0 Å². The van der Waals surface area contributed by atoms with Crippen LogP contribution >= 0.6 is 0 Å². The maximum Gasteiger partial charge on any atom is 0.344 e.